The number of hydrogen-bond acceptors (Lipinski definition) is 5. The van der Waals surface area contributed by atoms with Crippen LogP contribution in [0, 0.1) is 5.82 Å². The minimum Gasteiger partial charge on any atom is -0.508 e. The molecule has 2 N–H and O–H groups in total. The quantitative estimate of drug-likeness (QED) is 0.802. The van der Waals surface area contributed by atoms with Crippen LogP contribution in [-0.2, 0) is 14.3 Å². The fraction of sp³-hybridized carbons (Fsp3) is 0.500. The molecule has 0 aromatic heterocycles. The van der Waals surface area contributed by atoms with E-state index in [2.05, 4.69) is 5.32 Å². The molecule has 0 radical (unpaired) electrons. The Kier molecular flexibility index (Phi) is 4.92. The van der Waals surface area contributed by atoms with Crippen molar-refractivity contribution in [1.29, 1.82) is 0 Å². The van der Waals surface area contributed by atoms with E-state index in [9.17, 15) is 14.3 Å². The van der Waals surface area contributed by atoms with Crippen LogP contribution < -0.4 is 5.32 Å². The fourth-order valence-electron chi connectivity index (χ4n) is 2.25. The molecule has 1 saturated heterocycles. The molecule has 2 atom stereocenters. The molecule has 0 saturated carbocycles. The number of hydrogen-bond donors (Lipinski definition) is 2. The molecule has 2 unspecified atom stereocenters. The van der Waals surface area contributed by atoms with Crippen molar-refractivity contribution in [3.63, 3.8) is 0 Å². The Morgan fingerprint density at radius 1 is 1.65 bits per heavy atom. The van der Waals surface area contributed by atoms with Crippen LogP contribution in [0.5, 0.6) is 5.75 Å². The van der Waals surface area contributed by atoms with Gasteiger partial charge < -0.3 is 14.6 Å². The van der Waals surface area contributed by atoms with Crippen molar-refractivity contribution in [1.82, 2.24) is 5.32 Å². The summed E-state index contributed by atoms with van der Waals surface area (Å²) in [6.45, 7) is 1.15. The van der Waals surface area contributed by atoms with E-state index in [-0.39, 0.29) is 17.4 Å². The minimum absolute atomic E-state index is 0.0258. The summed E-state index contributed by atoms with van der Waals surface area (Å²) in [6.07, 6.45) is 1.93. The number of halogens is 1. The van der Waals surface area contributed by atoms with Gasteiger partial charge in [-0.3, -0.25) is 5.32 Å². The zero-order valence-electron chi connectivity index (χ0n) is 11.3. The number of ether oxygens (including phenoxy) is 2. The number of methoxy groups -OCH3 is 1. The number of aromatic hydroxyl groups is 1. The van der Waals surface area contributed by atoms with E-state index in [1.54, 1.807) is 0 Å². The molecule has 2 rings (SSSR count). The average Bonchev–Trinajstić information content (AvgIpc) is 2.95. The number of carbonyl (C=O) groups is 1. The zero-order chi connectivity index (χ0) is 14.5. The first-order chi connectivity index (χ1) is 9.61. The van der Waals surface area contributed by atoms with Gasteiger partial charge in [0.15, 0.2) is 0 Å². The SMILES string of the molecule is COC(=O)C(NCC1CCCO1)c1cc(F)ccc1O. The van der Waals surface area contributed by atoms with Crippen LogP contribution in [0.25, 0.3) is 0 Å². The third kappa shape index (κ3) is 3.46. The number of carbonyl (C=O) groups excluding carboxylic acids is 1. The Balaban J connectivity index is 2.13. The lowest BCUT2D eigenvalue weighted by molar-refractivity contribution is -0.143. The third-order valence-corrected chi connectivity index (χ3v) is 3.31. The van der Waals surface area contributed by atoms with Crippen LogP contribution in [0.15, 0.2) is 18.2 Å². The van der Waals surface area contributed by atoms with E-state index in [4.69, 9.17) is 9.47 Å². The standard InChI is InChI=1S/C14H18FNO4/c1-19-14(18)13(16-8-10-3-2-6-20-10)11-7-9(15)4-5-12(11)17/h4-5,7,10,13,16-17H,2-3,6,8H2,1H3. The van der Waals surface area contributed by atoms with Gasteiger partial charge in [-0.25, -0.2) is 9.18 Å². The number of phenols is 1. The van der Waals surface area contributed by atoms with Crippen molar-refractivity contribution in [2.24, 2.45) is 0 Å². The van der Waals surface area contributed by atoms with E-state index in [0.29, 0.717) is 13.2 Å². The second-order valence-corrected chi connectivity index (χ2v) is 4.70. The molecule has 6 heteroatoms. The Morgan fingerprint density at radius 3 is 3.10 bits per heavy atom. The molecule has 1 aliphatic heterocycles. The summed E-state index contributed by atoms with van der Waals surface area (Å²) in [5.41, 5.74) is 0.162. The van der Waals surface area contributed by atoms with E-state index >= 15 is 0 Å². The summed E-state index contributed by atoms with van der Waals surface area (Å²) in [4.78, 5) is 11.8. The lowest BCUT2D eigenvalue weighted by Crippen LogP contribution is -2.35. The van der Waals surface area contributed by atoms with Crippen molar-refractivity contribution < 1.29 is 23.8 Å². The molecule has 110 valence electrons. The molecule has 1 aromatic carbocycles. The maximum Gasteiger partial charge on any atom is 0.327 e. The number of rotatable bonds is 5. The van der Waals surface area contributed by atoms with Gasteiger partial charge in [0.25, 0.3) is 0 Å². The van der Waals surface area contributed by atoms with Crippen molar-refractivity contribution in [2.45, 2.75) is 25.0 Å². The monoisotopic (exact) mass is 283 g/mol. The zero-order valence-corrected chi connectivity index (χ0v) is 11.3. The smallest absolute Gasteiger partial charge is 0.327 e. The molecular weight excluding hydrogens is 265 g/mol. The molecule has 1 fully saturated rings. The highest BCUT2D eigenvalue weighted by molar-refractivity contribution is 5.78. The lowest BCUT2D eigenvalue weighted by Gasteiger charge is -2.20. The van der Waals surface area contributed by atoms with Gasteiger partial charge >= 0.3 is 5.97 Å². The first-order valence-corrected chi connectivity index (χ1v) is 6.53. The summed E-state index contributed by atoms with van der Waals surface area (Å²) >= 11 is 0. The van der Waals surface area contributed by atoms with Crippen molar-refractivity contribution in [3.05, 3.63) is 29.6 Å². The normalized spacial score (nSPS) is 19.8. The van der Waals surface area contributed by atoms with E-state index < -0.39 is 17.8 Å². The van der Waals surface area contributed by atoms with Gasteiger partial charge in [0.05, 0.1) is 13.2 Å². The maximum atomic E-state index is 13.3. The molecular formula is C14H18FNO4. The molecule has 0 spiro atoms. The van der Waals surface area contributed by atoms with Crippen LogP contribution >= 0.6 is 0 Å². The summed E-state index contributed by atoms with van der Waals surface area (Å²) in [5, 5.41) is 12.8. The van der Waals surface area contributed by atoms with Gasteiger partial charge in [0, 0.05) is 18.7 Å². The Morgan fingerprint density at radius 2 is 2.45 bits per heavy atom. The minimum atomic E-state index is -0.917. The van der Waals surface area contributed by atoms with Crippen LogP contribution in [0.4, 0.5) is 4.39 Å². The van der Waals surface area contributed by atoms with Crippen LogP contribution in [0.2, 0.25) is 0 Å². The second-order valence-electron chi connectivity index (χ2n) is 4.70. The van der Waals surface area contributed by atoms with Gasteiger partial charge in [0.2, 0.25) is 0 Å². The van der Waals surface area contributed by atoms with E-state index in [1.165, 1.54) is 13.2 Å². The predicted octanol–water partition coefficient (Wildman–Crippen LogP) is 1.51. The van der Waals surface area contributed by atoms with Gasteiger partial charge in [-0.2, -0.15) is 0 Å². The Labute approximate surface area is 116 Å². The third-order valence-electron chi connectivity index (χ3n) is 3.31. The molecule has 20 heavy (non-hydrogen) atoms. The number of benzene rings is 1. The second kappa shape index (κ2) is 6.67. The van der Waals surface area contributed by atoms with Crippen molar-refractivity contribution in [3.8, 4) is 5.75 Å². The maximum absolute atomic E-state index is 13.3. The molecule has 5 nitrogen and oxygen atoms in total. The molecule has 0 aliphatic carbocycles. The van der Waals surface area contributed by atoms with Gasteiger partial charge in [-0.15, -0.1) is 0 Å². The molecule has 1 aliphatic rings. The van der Waals surface area contributed by atoms with Crippen LogP contribution in [0.3, 0.4) is 0 Å². The van der Waals surface area contributed by atoms with Gasteiger partial charge in [0.1, 0.15) is 17.6 Å². The molecule has 0 bridgehead atoms. The fourth-order valence-corrected chi connectivity index (χ4v) is 2.25. The topological polar surface area (TPSA) is 67.8 Å². The molecule has 0 amide bonds. The van der Waals surface area contributed by atoms with Gasteiger partial charge in [-0.05, 0) is 31.0 Å². The van der Waals surface area contributed by atoms with E-state index in [0.717, 1.165) is 25.0 Å². The molecule has 1 aromatic rings. The highest BCUT2D eigenvalue weighted by Crippen LogP contribution is 2.26. The Hall–Kier alpha value is -1.66. The number of nitrogens with one attached hydrogen (secondary N) is 1. The Bertz CT molecular complexity index is 474. The average molecular weight is 283 g/mol. The molecule has 1 heterocycles. The highest BCUT2D eigenvalue weighted by Gasteiger charge is 2.26. The summed E-state index contributed by atoms with van der Waals surface area (Å²) in [5.74, 6) is -1.25. The van der Waals surface area contributed by atoms with Crippen LogP contribution in [-0.4, -0.2) is 37.4 Å². The largest absolute Gasteiger partial charge is 0.508 e. The lowest BCUT2D eigenvalue weighted by atomic mass is 10.0. The number of phenolic OH excluding ortho intramolecular Hbond substituents is 1. The van der Waals surface area contributed by atoms with Gasteiger partial charge in [-0.1, -0.05) is 0 Å². The van der Waals surface area contributed by atoms with Crippen LogP contribution in [0.1, 0.15) is 24.4 Å². The number of esters is 1. The summed E-state index contributed by atoms with van der Waals surface area (Å²) < 4.78 is 23.5. The first kappa shape index (κ1) is 14.7. The highest BCUT2D eigenvalue weighted by atomic mass is 19.1. The summed E-state index contributed by atoms with van der Waals surface area (Å²) in [6, 6.07) is 2.56. The predicted molar refractivity (Wildman–Crippen MR) is 69.8 cm³/mol. The van der Waals surface area contributed by atoms with Crippen molar-refractivity contribution in [2.75, 3.05) is 20.3 Å². The van der Waals surface area contributed by atoms with E-state index in [1.807, 2.05) is 0 Å². The van der Waals surface area contributed by atoms with Crippen molar-refractivity contribution >= 4 is 5.97 Å². The summed E-state index contributed by atoms with van der Waals surface area (Å²) in [7, 11) is 1.25. The first-order valence-electron chi connectivity index (χ1n) is 6.53.